The maximum absolute atomic E-state index is 12.6. The van der Waals surface area contributed by atoms with Gasteiger partial charge in [0, 0.05) is 44.1 Å². The van der Waals surface area contributed by atoms with E-state index in [0.717, 1.165) is 19.5 Å². The van der Waals surface area contributed by atoms with Gasteiger partial charge in [0.1, 0.15) is 0 Å². The van der Waals surface area contributed by atoms with Crippen LogP contribution in [0.15, 0.2) is 48.5 Å². The summed E-state index contributed by atoms with van der Waals surface area (Å²) in [5.41, 5.74) is 4.79. The molecule has 0 saturated carbocycles. The zero-order valence-electron chi connectivity index (χ0n) is 16.4. The molecular formula is C23H26F3N3. The number of hydrogen-bond acceptors (Lipinski definition) is 3. The van der Waals surface area contributed by atoms with Crippen molar-refractivity contribution < 1.29 is 13.2 Å². The van der Waals surface area contributed by atoms with E-state index in [2.05, 4.69) is 70.5 Å². The molecule has 2 heterocycles. The quantitative estimate of drug-likeness (QED) is 0.707. The Balaban J connectivity index is 1.37. The van der Waals surface area contributed by atoms with Gasteiger partial charge in [-0.1, -0.05) is 48.6 Å². The monoisotopic (exact) mass is 401 g/mol. The number of nitrogens with zero attached hydrogens (tertiary/aromatic N) is 3. The molecule has 4 rings (SSSR count). The zero-order valence-corrected chi connectivity index (χ0v) is 16.4. The number of benzene rings is 2. The molecule has 1 saturated heterocycles. The first-order chi connectivity index (χ1) is 14.0. The molecule has 0 aliphatic carbocycles. The third kappa shape index (κ3) is 5.00. The van der Waals surface area contributed by atoms with Gasteiger partial charge in [0.2, 0.25) is 0 Å². The van der Waals surface area contributed by atoms with Crippen LogP contribution < -0.4 is 4.90 Å². The highest BCUT2D eigenvalue weighted by atomic mass is 19.4. The van der Waals surface area contributed by atoms with Gasteiger partial charge in [-0.15, -0.1) is 0 Å². The van der Waals surface area contributed by atoms with Crippen molar-refractivity contribution in [2.24, 2.45) is 0 Å². The molecule has 1 fully saturated rings. The van der Waals surface area contributed by atoms with Crippen molar-refractivity contribution in [3.8, 4) is 0 Å². The van der Waals surface area contributed by atoms with Crippen LogP contribution >= 0.6 is 0 Å². The van der Waals surface area contributed by atoms with Crippen molar-refractivity contribution in [2.75, 3.05) is 50.7 Å². The number of para-hydroxylation sites is 2. The minimum absolute atomic E-state index is 0.485. The lowest BCUT2D eigenvalue weighted by Gasteiger charge is -2.35. The number of alkyl halides is 3. The van der Waals surface area contributed by atoms with Crippen LogP contribution in [0.3, 0.4) is 0 Å². The summed E-state index contributed by atoms with van der Waals surface area (Å²) >= 11 is 0. The SMILES string of the molecule is FC(F)(F)CN1CCN(CCCN2c3ccccc3C=Cc3ccccc32)CC1. The minimum Gasteiger partial charge on any atom is -0.340 e. The second-order valence-corrected chi connectivity index (χ2v) is 7.69. The summed E-state index contributed by atoms with van der Waals surface area (Å²) in [5.74, 6) is 0. The third-order valence-electron chi connectivity index (χ3n) is 5.62. The second kappa shape index (κ2) is 8.59. The van der Waals surface area contributed by atoms with E-state index in [1.54, 1.807) is 0 Å². The lowest BCUT2D eigenvalue weighted by molar-refractivity contribution is -0.149. The molecule has 154 valence electrons. The summed E-state index contributed by atoms with van der Waals surface area (Å²) in [6, 6.07) is 16.8. The van der Waals surface area contributed by atoms with Gasteiger partial charge in [0.15, 0.2) is 0 Å². The molecule has 0 spiro atoms. The van der Waals surface area contributed by atoms with Crippen LogP contribution in [0, 0.1) is 0 Å². The number of hydrogen-bond donors (Lipinski definition) is 0. The summed E-state index contributed by atoms with van der Waals surface area (Å²) < 4.78 is 37.7. The molecule has 3 nitrogen and oxygen atoms in total. The van der Waals surface area contributed by atoms with Crippen LogP contribution in [-0.4, -0.2) is 61.8 Å². The summed E-state index contributed by atoms with van der Waals surface area (Å²) in [6.45, 7) is 3.34. The minimum atomic E-state index is -4.11. The van der Waals surface area contributed by atoms with Crippen molar-refractivity contribution in [1.29, 1.82) is 0 Å². The normalized spacial score (nSPS) is 17.7. The van der Waals surface area contributed by atoms with E-state index in [-0.39, 0.29) is 0 Å². The van der Waals surface area contributed by atoms with E-state index < -0.39 is 12.7 Å². The van der Waals surface area contributed by atoms with Crippen LogP contribution in [-0.2, 0) is 0 Å². The number of piperazine rings is 1. The Labute approximate surface area is 170 Å². The highest BCUT2D eigenvalue weighted by Gasteiger charge is 2.32. The van der Waals surface area contributed by atoms with Gasteiger partial charge in [-0.25, -0.2) is 0 Å². The van der Waals surface area contributed by atoms with E-state index >= 15 is 0 Å². The van der Waals surface area contributed by atoms with E-state index in [9.17, 15) is 13.2 Å². The Kier molecular flexibility index (Phi) is 5.92. The lowest BCUT2D eigenvalue weighted by atomic mass is 10.1. The fraction of sp³-hybridized carbons (Fsp3) is 0.391. The van der Waals surface area contributed by atoms with E-state index in [4.69, 9.17) is 0 Å². The van der Waals surface area contributed by atoms with Crippen molar-refractivity contribution in [3.63, 3.8) is 0 Å². The molecule has 0 radical (unpaired) electrons. The predicted molar refractivity (Wildman–Crippen MR) is 112 cm³/mol. The maximum atomic E-state index is 12.6. The fourth-order valence-electron chi connectivity index (χ4n) is 4.18. The molecule has 2 aromatic carbocycles. The molecule has 6 heteroatoms. The first-order valence-electron chi connectivity index (χ1n) is 10.1. The summed E-state index contributed by atoms with van der Waals surface area (Å²) in [5, 5.41) is 0. The molecule has 2 aliphatic rings. The standard InChI is InChI=1S/C23H26F3N3/c24-23(25,26)18-28-16-14-27(15-17-28)12-5-13-29-21-8-3-1-6-19(21)10-11-20-7-2-4-9-22(20)29/h1-4,6-11H,5,12-18H2. The highest BCUT2D eigenvalue weighted by molar-refractivity contribution is 5.88. The second-order valence-electron chi connectivity index (χ2n) is 7.69. The number of anilines is 2. The molecule has 0 unspecified atom stereocenters. The molecule has 0 amide bonds. The largest absolute Gasteiger partial charge is 0.401 e. The van der Waals surface area contributed by atoms with Crippen molar-refractivity contribution >= 4 is 23.5 Å². The molecule has 0 atom stereocenters. The summed E-state index contributed by atoms with van der Waals surface area (Å²) in [4.78, 5) is 6.15. The summed E-state index contributed by atoms with van der Waals surface area (Å²) in [7, 11) is 0. The molecule has 0 N–H and O–H groups in total. The smallest absolute Gasteiger partial charge is 0.340 e. The Bertz CT molecular complexity index is 805. The van der Waals surface area contributed by atoms with Crippen molar-refractivity contribution in [3.05, 3.63) is 59.7 Å². The Morgan fingerprint density at radius 2 is 1.21 bits per heavy atom. The van der Waals surface area contributed by atoms with E-state index in [0.29, 0.717) is 26.2 Å². The highest BCUT2D eigenvalue weighted by Crippen LogP contribution is 2.36. The van der Waals surface area contributed by atoms with Crippen LogP contribution in [0.4, 0.5) is 24.5 Å². The van der Waals surface area contributed by atoms with Gasteiger partial charge in [-0.3, -0.25) is 4.90 Å². The summed E-state index contributed by atoms with van der Waals surface area (Å²) in [6.07, 6.45) is 1.17. The van der Waals surface area contributed by atoms with Gasteiger partial charge < -0.3 is 9.80 Å². The lowest BCUT2D eigenvalue weighted by Crippen LogP contribution is -2.49. The topological polar surface area (TPSA) is 9.72 Å². The molecule has 0 bridgehead atoms. The number of rotatable bonds is 5. The average molecular weight is 401 g/mol. The first kappa shape index (κ1) is 20.0. The van der Waals surface area contributed by atoms with Crippen LogP contribution in [0.25, 0.3) is 12.2 Å². The average Bonchev–Trinajstić information content (AvgIpc) is 2.86. The predicted octanol–water partition coefficient (Wildman–Crippen LogP) is 4.88. The van der Waals surface area contributed by atoms with Crippen LogP contribution in [0.2, 0.25) is 0 Å². The van der Waals surface area contributed by atoms with Crippen molar-refractivity contribution in [1.82, 2.24) is 9.80 Å². The van der Waals surface area contributed by atoms with Crippen molar-refractivity contribution in [2.45, 2.75) is 12.6 Å². The molecule has 29 heavy (non-hydrogen) atoms. The van der Waals surface area contributed by atoms with E-state index in [1.807, 2.05) is 0 Å². The van der Waals surface area contributed by atoms with Gasteiger partial charge in [-0.2, -0.15) is 13.2 Å². The third-order valence-corrected chi connectivity index (χ3v) is 5.62. The van der Waals surface area contributed by atoms with E-state index in [1.165, 1.54) is 27.4 Å². The van der Waals surface area contributed by atoms with Gasteiger partial charge >= 0.3 is 6.18 Å². The van der Waals surface area contributed by atoms with Crippen LogP contribution in [0.5, 0.6) is 0 Å². The fourth-order valence-corrected chi connectivity index (χ4v) is 4.18. The van der Waals surface area contributed by atoms with Gasteiger partial charge in [-0.05, 0) is 36.2 Å². The Hall–Kier alpha value is -2.31. The Morgan fingerprint density at radius 3 is 1.76 bits per heavy atom. The molecule has 0 aromatic heterocycles. The Morgan fingerprint density at radius 1 is 0.690 bits per heavy atom. The van der Waals surface area contributed by atoms with Gasteiger partial charge in [0.05, 0.1) is 6.54 Å². The maximum Gasteiger partial charge on any atom is 0.401 e. The first-order valence-corrected chi connectivity index (χ1v) is 10.1. The number of fused-ring (bicyclic) bond motifs is 2. The zero-order chi connectivity index (χ0) is 20.3. The number of halogens is 3. The molecular weight excluding hydrogens is 375 g/mol. The van der Waals surface area contributed by atoms with Gasteiger partial charge in [0.25, 0.3) is 0 Å². The molecule has 2 aromatic rings. The van der Waals surface area contributed by atoms with Crippen LogP contribution in [0.1, 0.15) is 17.5 Å². The molecule has 2 aliphatic heterocycles.